The first-order valence-electron chi connectivity index (χ1n) is 15.8. The Balaban J connectivity index is 1.47. The minimum absolute atomic E-state index is 0.0680. The molecule has 278 valence electrons. The highest BCUT2D eigenvalue weighted by Gasteiger charge is 2.40. The number of quaternary nitrogens is 1. The Hall–Kier alpha value is -4.79. The van der Waals surface area contributed by atoms with Gasteiger partial charge < -0.3 is 30.9 Å². The highest BCUT2D eigenvalue weighted by molar-refractivity contribution is 8.77. The van der Waals surface area contributed by atoms with Crippen molar-refractivity contribution in [3.63, 3.8) is 0 Å². The number of nitrogens with zero attached hydrogens (tertiary/aromatic N) is 4. The molecular formula is C34H36N7O8S4+. The predicted molar refractivity (Wildman–Crippen MR) is 205 cm³/mol. The molecule has 4 rings (SSSR count). The van der Waals surface area contributed by atoms with Crippen molar-refractivity contribution in [2.75, 3.05) is 56.4 Å². The number of aromatic nitrogens is 2. The summed E-state index contributed by atoms with van der Waals surface area (Å²) >= 11 is 0. The second-order valence-electron chi connectivity index (χ2n) is 11.1. The Labute approximate surface area is 320 Å². The highest BCUT2D eigenvalue weighted by Crippen LogP contribution is 2.37. The fourth-order valence-electron chi connectivity index (χ4n) is 4.63. The summed E-state index contributed by atoms with van der Waals surface area (Å²) in [4.78, 5) is 73.7. The van der Waals surface area contributed by atoms with Crippen LogP contribution in [0.3, 0.4) is 0 Å². The van der Waals surface area contributed by atoms with Crippen molar-refractivity contribution in [3.8, 4) is 0 Å². The number of benzene rings is 2. The summed E-state index contributed by atoms with van der Waals surface area (Å²) in [6.45, 7) is -2.78. The second kappa shape index (κ2) is 21.0. The number of nitrogens with one attached hydrogen (secondary N) is 3. The molecule has 15 nitrogen and oxygen atoms in total. The first-order chi connectivity index (χ1) is 25.5. The van der Waals surface area contributed by atoms with Gasteiger partial charge in [0, 0.05) is 40.1 Å². The fourth-order valence-corrected chi connectivity index (χ4v) is 8.31. The summed E-state index contributed by atoms with van der Waals surface area (Å²) < 4.78 is -0.781. The first-order valence-corrected chi connectivity index (χ1v) is 20.1. The van der Waals surface area contributed by atoms with E-state index in [1.807, 2.05) is 36.4 Å². The van der Waals surface area contributed by atoms with E-state index in [4.69, 9.17) is 5.11 Å². The number of carbonyl (C=O) groups is 5. The van der Waals surface area contributed by atoms with Crippen LogP contribution in [0.2, 0.25) is 0 Å². The van der Waals surface area contributed by atoms with Gasteiger partial charge in [0.05, 0.1) is 13.1 Å². The van der Waals surface area contributed by atoms with E-state index in [-0.39, 0.29) is 26.2 Å². The fraction of sp³-hybridized carbons (Fsp3) is 0.206. The Kier molecular flexibility index (Phi) is 16.3. The highest BCUT2D eigenvalue weighted by atomic mass is 33.1. The molecule has 0 radical (unpaired) electrons. The van der Waals surface area contributed by atoms with Gasteiger partial charge in [-0.1, -0.05) is 33.7 Å². The third-order valence-electron chi connectivity index (χ3n) is 7.21. The molecule has 4 aromatic rings. The molecule has 0 bridgehead atoms. The summed E-state index contributed by atoms with van der Waals surface area (Å²) in [6.07, 6.45) is 3.39. The molecule has 6 N–H and O–H groups in total. The average Bonchev–Trinajstić information content (AvgIpc) is 3.14. The number of anilines is 2. The molecule has 0 saturated heterocycles. The molecule has 0 fully saturated rings. The third kappa shape index (κ3) is 14.3. The van der Waals surface area contributed by atoms with Gasteiger partial charge in [0.2, 0.25) is 0 Å². The number of carboxylic acids is 3. The molecule has 19 heteroatoms. The molecule has 1 unspecified atom stereocenters. The van der Waals surface area contributed by atoms with Gasteiger partial charge in [-0.2, -0.15) is 0 Å². The average molecular weight is 799 g/mol. The van der Waals surface area contributed by atoms with Crippen LogP contribution in [0.5, 0.6) is 0 Å². The monoisotopic (exact) mass is 798 g/mol. The van der Waals surface area contributed by atoms with Crippen molar-refractivity contribution < 1.29 is 43.8 Å². The lowest BCUT2D eigenvalue weighted by Crippen LogP contribution is -2.62. The number of carboxylic acid groups (broad SMARTS) is 3. The molecule has 53 heavy (non-hydrogen) atoms. The van der Waals surface area contributed by atoms with E-state index in [1.165, 1.54) is 43.2 Å². The minimum Gasteiger partial charge on any atom is -0.480 e. The number of urea groups is 2. The largest absolute Gasteiger partial charge is 0.480 e. The standard InChI is InChI=1S/C34H35N7O8S4/c42-30(43)21-35-17-19-41(23-32(46)47,34(49)39-25-9-13-27(14-10-25)51-53-29-6-2-4-16-37-29)20-18-40(22-31(44)45)33(48)38-24-7-11-26(12-8-24)50-52-28-5-1-3-15-36-28/h1-16,35H,17-23H2,(H4-,38,39,42,43,44,45,46,47,48,49)/p+1. The molecule has 0 saturated carbocycles. The Morgan fingerprint density at radius 2 is 1.19 bits per heavy atom. The van der Waals surface area contributed by atoms with Crippen LogP contribution in [0.25, 0.3) is 0 Å². The predicted octanol–water partition coefficient (Wildman–Crippen LogP) is 5.80. The first kappa shape index (κ1) is 41.0. The molecule has 1 atom stereocenters. The van der Waals surface area contributed by atoms with Crippen molar-refractivity contribution in [2.24, 2.45) is 0 Å². The number of hydrogen-bond acceptors (Lipinski definition) is 12. The Bertz CT molecular complexity index is 1830. The molecular weight excluding hydrogens is 763 g/mol. The number of amides is 4. The zero-order chi connectivity index (χ0) is 38.1. The van der Waals surface area contributed by atoms with Crippen molar-refractivity contribution >= 4 is 84.5 Å². The summed E-state index contributed by atoms with van der Waals surface area (Å²) in [7, 11) is 5.84. The topological polar surface area (TPSA) is 211 Å². The molecule has 0 aliphatic heterocycles. The lowest BCUT2D eigenvalue weighted by atomic mass is 10.2. The van der Waals surface area contributed by atoms with Crippen molar-refractivity contribution in [1.29, 1.82) is 0 Å². The van der Waals surface area contributed by atoms with Crippen molar-refractivity contribution in [2.45, 2.75) is 19.8 Å². The van der Waals surface area contributed by atoms with E-state index in [9.17, 15) is 34.2 Å². The zero-order valence-electron chi connectivity index (χ0n) is 28.0. The molecule has 2 aromatic heterocycles. The minimum atomic E-state index is -1.33. The van der Waals surface area contributed by atoms with Gasteiger partial charge in [0.1, 0.15) is 29.7 Å². The van der Waals surface area contributed by atoms with Crippen LogP contribution in [-0.2, 0) is 14.4 Å². The van der Waals surface area contributed by atoms with Crippen LogP contribution in [0, 0.1) is 0 Å². The molecule has 2 aromatic carbocycles. The number of aliphatic carboxylic acids is 3. The van der Waals surface area contributed by atoms with Crippen LogP contribution in [0.15, 0.2) is 117 Å². The number of pyridine rings is 2. The summed E-state index contributed by atoms with van der Waals surface area (Å²) in [5.74, 6) is -3.79. The van der Waals surface area contributed by atoms with Crippen molar-refractivity contribution in [3.05, 3.63) is 97.3 Å². The van der Waals surface area contributed by atoms with Crippen LogP contribution in [0.1, 0.15) is 0 Å². The Morgan fingerprint density at radius 3 is 1.66 bits per heavy atom. The van der Waals surface area contributed by atoms with Gasteiger partial charge in [-0.15, -0.1) is 0 Å². The van der Waals surface area contributed by atoms with Crippen LogP contribution in [-0.4, -0.2) is 110 Å². The van der Waals surface area contributed by atoms with E-state index >= 15 is 0 Å². The third-order valence-corrected chi connectivity index (χ3v) is 11.8. The van der Waals surface area contributed by atoms with Gasteiger partial charge >= 0.3 is 30.0 Å². The Morgan fingerprint density at radius 1 is 0.642 bits per heavy atom. The lowest BCUT2D eigenvalue weighted by Gasteiger charge is -2.36. The van der Waals surface area contributed by atoms with Gasteiger partial charge in [0.15, 0.2) is 6.54 Å². The van der Waals surface area contributed by atoms with Gasteiger partial charge in [0.25, 0.3) is 0 Å². The SMILES string of the molecule is O=C(O)CNCC[N+](CCN(CC(=O)O)C(=O)Nc1ccc(SSc2ccccn2)cc1)(CC(=O)O)C(=O)Nc1ccc(SSc2ccccn2)cc1. The quantitative estimate of drug-likeness (QED) is 0.0354. The van der Waals surface area contributed by atoms with E-state index in [2.05, 4.69) is 25.9 Å². The normalized spacial score (nSPS) is 11.9. The van der Waals surface area contributed by atoms with E-state index < -0.39 is 54.1 Å². The van der Waals surface area contributed by atoms with Gasteiger partial charge in [-0.3, -0.25) is 14.9 Å². The van der Waals surface area contributed by atoms with Crippen LogP contribution < -0.4 is 16.0 Å². The van der Waals surface area contributed by atoms with E-state index in [0.29, 0.717) is 11.4 Å². The maximum atomic E-state index is 14.0. The maximum absolute atomic E-state index is 14.0. The van der Waals surface area contributed by atoms with Crippen molar-refractivity contribution in [1.82, 2.24) is 20.2 Å². The van der Waals surface area contributed by atoms with Crippen LogP contribution in [0.4, 0.5) is 21.0 Å². The van der Waals surface area contributed by atoms with E-state index in [0.717, 1.165) is 24.7 Å². The summed E-state index contributed by atoms with van der Waals surface area (Å²) in [5, 5.41) is 38.4. The number of hydrogen-bond donors (Lipinski definition) is 6. The summed E-state index contributed by atoms with van der Waals surface area (Å²) in [5.41, 5.74) is 0.758. The van der Waals surface area contributed by atoms with Gasteiger partial charge in [-0.25, -0.2) is 28.8 Å². The zero-order valence-corrected chi connectivity index (χ0v) is 31.3. The second-order valence-corrected chi connectivity index (χ2v) is 15.6. The smallest absolute Gasteiger partial charge is 0.421 e. The molecule has 2 heterocycles. The lowest BCUT2D eigenvalue weighted by molar-refractivity contribution is -0.839. The molecule has 4 amide bonds. The van der Waals surface area contributed by atoms with E-state index in [1.54, 1.807) is 60.9 Å². The van der Waals surface area contributed by atoms with Crippen LogP contribution >= 0.6 is 43.2 Å². The maximum Gasteiger partial charge on any atom is 0.421 e. The number of carbonyl (C=O) groups excluding carboxylic acids is 2. The van der Waals surface area contributed by atoms with Gasteiger partial charge in [-0.05, 0) is 94.4 Å². The summed E-state index contributed by atoms with van der Waals surface area (Å²) in [6, 6.07) is 23.4. The molecule has 0 aliphatic rings. The number of rotatable bonds is 20. The molecule has 0 spiro atoms. The molecule has 0 aliphatic carbocycles.